The summed E-state index contributed by atoms with van der Waals surface area (Å²) in [5.74, 6) is 0.516. The summed E-state index contributed by atoms with van der Waals surface area (Å²) in [5.41, 5.74) is 8.16. The van der Waals surface area contributed by atoms with Crippen molar-refractivity contribution in [2.24, 2.45) is 0 Å². The number of nitrogens with zero attached hydrogens (tertiary/aromatic N) is 3. The molecule has 3 rings (SSSR count). The Morgan fingerprint density at radius 1 is 1.19 bits per heavy atom. The maximum atomic E-state index is 12.4. The van der Waals surface area contributed by atoms with Crippen molar-refractivity contribution in [1.29, 1.82) is 0 Å². The molecule has 6 heteroatoms. The van der Waals surface area contributed by atoms with Gasteiger partial charge in [-0.1, -0.05) is 30.3 Å². The van der Waals surface area contributed by atoms with Gasteiger partial charge in [-0.05, 0) is 31.7 Å². The average Bonchev–Trinajstić information content (AvgIpc) is 2.84. The highest BCUT2D eigenvalue weighted by Gasteiger charge is 2.12. The first-order valence-electron chi connectivity index (χ1n) is 6.93. The zero-order chi connectivity index (χ0) is 14.8. The number of aryl methyl sites for hydroxylation is 2. The summed E-state index contributed by atoms with van der Waals surface area (Å²) in [6.45, 7) is 1.84. The Morgan fingerprint density at radius 2 is 1.95 bits per heavy atom. The molecule has 0 aliphatic rings. The highest BCUT2D eigenvalue weighted by Crippen LogP contribution is 2.09. The molecular formula is C15H17N5O. The molecule has 0 saturated heterocycles. The molecule has 6 nitrogen and oxygen atoms in total. The Kier molecular flexibility index (Phi) is 3.43. The molecule has 0 bridgehead atoms. The number of nitrogens with one attached hydrogen (secondary N) is 1. The minimum absolute atomic E-state index is 0.116. The Hall–Kier alpha value is -2.63. The van der Waals surface area contributed by atoms with E-state index in [1.165, 1.54) is 10.1 Å². The molecule has 21 heavy (non-hydrogen) atoms. The molecule has 0 aliphatic carbocycles. The Bertz CT molecular complexity index is 819. The zero-order valence-corrected chi connectivity index (χ0v) is 11.8. The van der Waals surface area contributed by atoms with Crippen LogP contribution in [0.15, 0.2) is 35.1 Å². The number of benzene rings is 1. The van der Waals surface area contributed by atoms with E-state index in [-0.39, 0.29) is 11.5 Å². The molecule has 2 aromatic heterocycles. The van der Waals surface area contributed by atoms with Gasteiger partial charge in [0.15, 0.2) is 0 Å². The third-order valence-electron chi connectivity index (χ3n) is 3.55. The molecule has 0 radical (unpaired) electrons. The highest BCUT2D eigenvalue weighted by atomic mass is 16.1. The second-order valence-corrected chi connectivity index (χ2v) is 5.06. The van der Waals surface area contributed by atoms with Crippen molar-refractivity contribution in [3.8, 4) is 0 Å². The lowest BCUT2D eigenvalue weighted by Crippen LogP contribution is -2.22. The summed E-state index contributed by atoms with van der Waals surface area (Å²) in [7, 11) is 0. The van der Waals surface area contributed by atoms with Crippen LogP contribution >= 0.6 is 0 Å². The second kappa shape index (κ2) is 5.40. The largest absolute Gasteiger partial charge is 0.368 e. The molecule has 108 valence electrons. The van der Waals surface area contributed by atoms with Crippen LogP contribution in [0.1, 0.15) is 23.2 Å². The first-order chi connectivity index (χ1) is 10.1. The van der Waals surface area contributed by atoms with Gasteiger partial charge in [-0.25, -0.2) is 4.98 Å². The predicted octanol–water partition coefficient (Wildman–Crippen LogP) is 1.48. The van der Waals surface area contributed by atoms with Crippen LogP contribution in [0.5, 0.6) is 0 Å². The summed E-state index contributed by atoms with van der Waals surface area (Å²) >= 11 is 0. The molecule has 0 fully saturated rings. The fourth-order valence-electron chi connectivity index (χ4n) is 2.47. The van der Waals surface area contributed by atoms with Crippen molar-refractivity contribution >= 4 is 11.7 Å². The highest BCUT2D eigenvalue weighted by molar-refractivity contribution is 5.36. The maximum Gasteiger partial charge on any atom is 0.277 e. The van der Waals surface area contributed by atoms with Gasteiger partial charge in [-0.15, -0.1) is 0 Å². The van der Waals surface area contributed by atoms with Crippen LogP contribution in [0.4, 0.5) is 5.95 Å². The van der Waals surface area contributed by atoms with E-state index in [9.17, 15) is 4.79 Å². The molecule has 0 aliphatic heterocycles. The predicted molar refractivity (Wildman–Crippen MR) is 81.2 cm³/mol. The van der Waals surface area contributed by atoms with Gasteiger partial charge < -0.3 is 5.73 Å². The van der Waals surface area contributed by atoms with Crippen molar-refractivity contribution in [2.45, 2.75) is 26.2 Å². The van der Waals surface area contributed by atoms with E-state index in [1.807, 2.05) is 25.1 Å². The summed E-state index contributed by atoms with van der Waals surface area (Å²) in [6, 6.07) is 10.2. The molecule has 0 amide bonds. The molecule has 0 spiro atoms. The van der Waals surface area contributed by atoms with Gasteiger partial charge in [0.1, 0.15) is 0 Å². The third-order valence-corrected chi connectivity index (χ3v) is 3.55. The van der Waals surface area contributed by atoms with E-state index in [4.69, 9.17) is 5.73 Å². The number of hydrogen-bond donors (Lipinski definition) is 2. The van der Waals surface area contributed by atoms with Crippen LogP contribution < -0.4 is 11.3 Å². The number of anilines is 1. The van der Waals surface area contributed by atoms with Gasteiger partial charge in [-0.2, -0.15) is 9.50 Å². The van der Waals surface area contributed by atoms with Gasteiger partial charge in [0, 0.05) is 5.56 Å². The van der Waals surface area contributed by atoms with E-state index in [1.54, 1.807) is 0 Å². The van der Waals surface area contributed by atoms with Crippen molar-refractivity contribution < 1.29 is 0 Å². The lowest BCUT2D eigenvalue weighted by Gasteiger charge is -2.05. The lowest BCUT2D eigenvalue weighted by molar-refractivity contribution is 0.775. The summed E-state index contributed by atoms with van der Waals surface area (Å²) in [4.78, 5) is 20.7. The van der Waals surface area contributed by atoms with Gasteiger partial charge in [0.25, 0.3) is 11.3 Å². The molecule has 2 heterocycles. The number of hydrogen-bond acceptors (Lipinski definition) is 4. The van der Waals surface area contributed by atoms with E-state index >= 15 is 0 Å². The number of nitrogens with two attached hydrogens (primary N) is 1. The number of fused-ring (bicyclic) bond motifs is 1. The molecule has 3 aromatic rings. The number of rotatable bonds is 4. The van der Waals surface area contributed by atoms with E-state index in [0.717, 1.165) is 18.5 Å². The normalized spacial score (nSPS) is 11.1. The van der Waals surface area contributed by atoms with E-state index < -0.39 is 0 Å². The van der Waals surface area contributed by atoms with E-state index in [0.29, 0.717) is 17.8 Å². The summed E-state index contributed by atoms with van der Waals surface area (Å²) in [6.07, 6.45) is 2.53. The smallest absolute Gasteiger partial charge is 0.277 e. The molecule has 0 atom stereocenters. The molecule has 0 saturated carbocycles. The quantitative estimate of drug-likeness (QED) is 0.759. The maximum absolute atomic E-state index is 12.4. The van der Waals surface area contributed by atoms with Crippen molar-refractivity contribution in [2.75, 3.05) is 5.73 Å². The Morgan fingerprint density at radius 3 is 2.71 bits per heavy atom. The first kappa shape index (κ1) is 13.4. The molecular weight excluding hydrogens is 266 g/mol. The van der Waals surface area contributed by atoms with Crippen LogP contribution in [0.3, 0.4) is 0 Å². The minimum atomic E-state index is -0.116. The third kappa shape index (κ3) is 2.65. The number of aromatic nitrogens is 4. The van der Waals surface area contributed by atoms with Gasteiger partial charge in [0.2, 0.25) is 5.95 Å². The SMILES string of the molecule is Cc1nc2nc(N)[nH]n2c(=O)c1CCCc1ccccc1. The molecule has 3 N–H and O–H groups in total. The van der Waals surface area contributed by atoms with Crippen molar-refractivity contribution in [1.82, 2.24) is 19.6 Å². The molecule has 0 unspecified atom stereocenters. The summed E-state index contributed by atoms with van der Waals surface area (Å²) in [5, 5.41) is 2.71. The number of aromatic amines is 1. The minimum Gasteiger partial charge on any atom is -0.368 e. The van der Waals surface area contributed by atoms with E-state index in [2.05, 4.69) is 27.2 Å². The van der Waals surface area contributed by atoms with Crippen LogP contribution in [-0.2, 0) is 12.8 Å². The topological polar surface area (TPSA) is 89.1 Å². The van der Waals surface area contributed by atoms with Crippen LogP contribution in [0.25, 0.3) is 5.78 Å². The number of nitrogen functional groups attached to an aromatic ring is 1. The van der Waals surface area contributed by atoms with Gasteiger partial charge >= 0.3 is 0 Å². The van der Waals surface area contributed by atoms with Crippen LogP contribution in [-0.4, -0.2) is 19.6 Å². The van der Waals surface area contributed by atoms with Crippen LogP contribution in [0.2, 0.25) is 0 Å². The Labute approximate surface area is 121 Å². The van der Waals surface area contributed by atoms with Crippen LogP contribution in [0, 0.1) is 6.92 Å². The summed E-state index contributed by atoms with van der Waals surface area (Å²) < 4.78 is 1.31. The first-order valence-corrected chi connectivity index (χ1v) is 6.93. The van der Waals surface area contributed by atoms with Crippen molar-refractivity contribution in [3.63, 3.8) is 0 Å². The molecule has 1 aromatic carbocycles. The Balaban J connectivity index is 1.82. The standard InChI is InChI=1S/C15H17N5O/c1-10-12(9-5-8-11-6-3-2-4-7-11)13(21)20-15(17-10)18-14(16)19-20/h2-4,6-7H,5,8-9H2,1H3,(H3,16,17,18,19). The fourth-order valence-corrected chi connectivity index (χ4v) is 2.47. The average molecular weight is 283 g/mol. The zero-order valence-electron chi connectivity index (χ0n) is 11.8. The monoisotopic (exact) mass is 283 g/mol. The fraction of sp³-hybridized carbons (Fsp3) is 0.267. The lowest BCUT2D eigenvalue weighted by atomic mass is 10.0. The van der Waals surface area contributed by atoms with Gasteiger partial charge in [-0.3, -0.25) is 9.89 Å². The number of H-pyrrole nitrogens is 1. The second-order valence-electron chi connectivity index (χ2n) is 5.06. The van der Waals surface area contributed by atoms with Crippen molar-refractivity contribution in [3.05, 3.63) is 57.5 Å². The van der Waals surface area contributed by atoms with Gasteiger partial charge in [0.05, 0.1) is 5.69 Å².